The number of methoxy groups -OCH3 is 1. The Kier molecular flexibility index (Phi) is 9.55. The van der Waals surface area contributed by atoms with Crippen LogP contribution in [0, 0.1) is 6.92 Å². The number of hydrazone groups is 1. The van der Waals surface area contributed by atoms with E-state index in [0.29, 0.717) is 48.4 Å². The molecule has 8 heteroatoms. The number of nitrogens with zero attached hydrogens (tertiary/aromatic N) is 1. The SMILES string of the molecule is CCOc1cc(C(=O)N/N=C/c2cc(Br)c(OCc3ccc(C)cc3)c(OCC)c2)ccc1OC. The minimum Gasteiger partial charge on any atom is -0.493 e. The van der Waals surface area contributed by atoms with Gasteiger partial charge in [0.1, 0.15) is 6.61 Å². The highest BCUT2D eigenvalue weighted by Crippen LogP contribution is 2.37. The first-order valence-electron chi connectivity index (χ1n) is 11.2. The highest BCUT2D eigenvalue weighted by Gasteiger charge is 2.13. The molecule has 0 unspecified atom stereocenters. The summed E-state index contributed by atoms with van der Waals surface area (Å²) in [5.74, 6) is 1.88. The van der Waals surface area contributed by atoms with Crippen LogP contribution >= 0.6 is 15.9 Å². The van der Waals surface area contributed by atoms with Gasteiger partial charge < -0.3 is 18.9 Å². The summed E-state index contributed by atoms with van der Waals surface area (Å²) in [5.41, 5.74) is 5.93. The van der Waals surface area contributed by atoms with Crippen LogP contribution in [-0.4, -0.2) is 32.4 Å². The first kappa shape index (κ1) is 26.1. The van der Waals surface area contributed by atoms with Crippen molar-refractivity contribution < 1.29 is 23.7 Å². The number of benzene rings is 3. The van der Waals surface area contributed by atoms with Crippen molar-refractivity contribution in [3.8, 4) is 23.0 Å². The van der Waals surface area contributed by atoms with E-state index in [1.807, 2.05) is 45.0 Å². The predicted molar refractivity (Wildman–Crippen MR) is 140 cm³/mol. The molecule has 0 aliphatic rings. The van der Waals surface area contributed by atoms with Gasteiger partial charge in [0.15, 0.2) is 23.0 Å². The molecule has 0 radical (unpaired) electrons. The highest BCUT2D eigenvalue weighted by atomic mass is 79.9. The van der Waals surface area contributed by atoms with Gasteiger partial charge in [-0.05, 0) is 78.2 Å². The number of aryl methyl sites for hydroxylation is 1. The molecule has 184 valence electrons. The second-order valence-corrected chi connectivity index (χ2v) is 8.39. The van der Waals surface area contributed by atoms with Gasteiger partial charge in [0.05, 0.1) is 31.0 Å². The van der Waals surface area contributed by atoms with E-state index in [1.54, 1.807) is 31.5 Å². The van der Waals surface area contributed by atoms with Crippen molar-refractivity contribution in [3.05, 3.63) is 81.3 Å². The fourth-order valence-corrected chi connectivity index (χ4v) is 3.80. The van der Waals surface area contributed by atoms with Crippen molar-refractivity contribution in [1.82, 2.24) is 5.43 Å². The Morgan fingerprint density at radius 2 is 1.66 bits per heavy atom. The fraction of sp³-hybridized carbons (Fsp3) is 0.259. The molecule has 7 nitrogen and oxygen atoms in total. The summed E-state index contributed by atoms with van der Waals surface area (Å²) in [6.45, 7) is 7.17. The smallest absolute Gasteiger partial charge is 0.271 e. The Bertz CT molecular complexity index is 1180. The molecule has 3 rings (SSSR count). The first-order chi connectivity index (χ1) is 16.9. The Balaban J connectivity index is 1.71. The monoisotopic (exact) mass is 540 g/mol. The van der Waals surface area contributed by atoms with Gasteiger partial charge in [-0.2, -0.15) is 5.10 Å². The number of nitrogens with one attached hydrogen (secondary N) is 1. The van der Waals surface area contributed by atoms with Crippen LogP contribution in [0.5, 0.6) is 23.0 Å². The van der Waals surface area contributed by atoms with Crippen molar-refractivity contribution in [1.29, 1.82) is 0 Å². The largest absolute Gasteiger partial charge is 0.493 e. The van der Waals surface area contributed by atoms with E-state index in [-0.39, 0.29) is 5.91 Å². The third kappa shape index (κ3) is 7.23. The molecule has 0 atom stereocenters. The number of hydrogen-bond acceptors (Lipinski definition) is 6. The molecular weight excluding hydrogens is 512 g/mol. The summed E-state index contributed by atoms with van der Waals surface area (Å²) in [6, 6.07) is 16.8. The highest BCUT2D eigenvalue weighted by molar-refractivity contribution is 9.10. The molecule has 0 bridgehead atoms. The van der Waals surface area contributed by atoms with Crippen LogP contribution in [0.25, 0.3) is 0 Å². The van der Waals surface area contributed by atoms with Crippen LogP contribution in [0.4, 0.5) is 0 Å². The lowest BCUT2D eigenvalue weighted by atomic mass is 10.1. The minimum absolute atomic E-state index is 0.369. The van der Waals surface area contributed by atoms with Gasteiger partial charge in [0, 0.05) is 5.56 Å². The van der Waals surface area contributed by atoms with Crippen LogP contribution in [0.1, 0.15) is 40.9 Å². The third-order valence-electron chi connectivity index (χ3n) is 4.94. The molecule has 35 heavy (non-hydrogen) atoms. The lowest BCUT2D eigenvalue weighted by Crippen LogP contribution is -2.17. The van der Waals surface area contributed by atoms with Crippen LogP contribution in [0.15, 0.2) is 64.2 Å². The van der Waals surface area contributed by atoms with E-state index in [2.05, 4.69) is 38.6 Å². The van der Waals surface area contributed by atoms with Gasteiger partial charge in [0.2, 0.25) is 0 Å². The minimum atomic E-state index is -0.369. The Morgan fingerprint density at radius 1 is 0.943 bits per heavy atom. The zero-order valence-corrected chi connectivity index (χ0v) is 21.8. The number of rotatable bonds is 11. The van der Waals surface area contributed by atoms with Crippen LogP contribution in [-0.2, 0) is 6.61 Å². The molecule has 0 spiro atoms. The summed E-state index contributed by atoms with van der Waals surface area (Å²) in [4.78, 5) is 12.5. The summed E-state index contributed by atoms with van der Waals surface area (Å²) in [7, 11) is 1.55. The molecule has 0 aliphatic carbocycles. The Hall–Kier alpha value is -3.52. The van der Waals surface area contributed by atoms with Crippen molar-refractivity contribution in [2.24, 2.45) is 5.10 Å². The van der Waals surface area contributed by atoms with Crippen molar-refractivity contribution in [2.75, 3.05) is 20.3 Å². The molecule has 1 amide bonds. The van der Waals surface area contributed by atoms with Gasteiger partial charge in [-0.3, -0.25) is 4.79 Å². The molecule has 0 saturated carbocycles. The molecule has 0 saturated heterocycles. The molecule has 0 aliphatic heterocycles. The molecular formula is C27H29BrN2O5. The van der Waals surface area contributed by atoms with E-state index in [9.17, 15) is 4.79 Å². The van der Waals surface area contributed by atoms with Gasteiger partial charge >= 0.3 is 0 Å². The lowest BCUT2D eigenvalue weighted by Gasteiger charge is -2.15. The first-order valence-corrected chi connectivity index (χ1v) is 12.0. The topological polar surface area (TPSA) is 78.4 Å². The van der Waals surface area contributed by atoms with E-state index in [0.717, 1.165) is 15.6 Å². The van der Waals surface area contributed by atoms with Crippen molar-refractivity contribution in [3.63, 3.8) is 0 Å². The third-order valence-corrected chi connectivity index (χ3v) is 5.53. The number of ether oxygens (including phenoxy) is 4. The average molecular weight is 541 g/mol. The second kappa shape index (κ2) is 12.8. The Labute approximate surface area is 214 Å². The predicted octanol–water partition coefficient (Wildman–Crippen LogP) is 5.91. The average Bonchev–Trinajstić information content (AvgIpc) is 2.85. The molecule has 1 N–H and O–H groups in total. The van der Waals surface area contributed by atoms with Crippen LogP contribution in [0.2, 0.25) is 0 Å². The van der Waals surface area contributed by atoms with E-state index in [4.69, 9.17) is 18.9 Å². The van der Waals surface area contributed by atoms with Crippen molar-refractivity contribution >= 4 is 28.1 Å². The number of amides is 1. The second-order valence-electron chi connectivity index (χ2n) is 7.54. The fourth-order valence-electron chi connectivity index (χ4n) is 3.22. The standard InChI is InChI=1S/C27H29BrN2O5/c1-5-33-24-15-21(11-12-23(24)32-4)27(31)30-29-16-20-13-22(28)26(25(14-20)34-6-2)35-17-19-9-7-18(3)8-10-19/h7-16H,5-6,17H2,1-4H3,(H,30,31)/b29-16+. The summed E-state index contributed by atoms with van der Waals surface area (Å²) < 4.78 is 23.3. The maximum Gasteiger partial charge on any atom is 0.271 e. The maximum atomic E-state index is 12.5. The molecule has 3 aromatic carbocycles. The number of carbonyl (C=O) groups is 1. The zero-order valence-electron chi connectivity index (χ0n) is 20.3. The van der Waals surface area contributed by atoms with Gasteiger partial charge in [-0.15, -0.1) is 0 Å². The van der Waals surface area contributed by atoms with Crippen LogP contribution < -0.4 is 24.4 Å². The number of hydrogen-bond donors (Lipinski definition) is 1. The molecule has 0 aromatic heterocycles. The Morgan fingerprint density at radius 3 is 2.34 bits per heavy atom. The summed E-state index contributed by atoms with van der Waals surface area (Å²) in [5, 5.41) is 4.10. The van der Waals surface area contributed by atoms with Gasteiger partial charge in [0.25, 0.3) is 5.91 Å². The van der Waals surface area contributed by atoms with Crippen molar-refractivity contribution in [2.45, 2.75) is 27.4 Å². The van der Waals surface area contributed by atoms with E-state index < -0.39 is 0 Å². The number of halogens is 1. The van der Waals surface area contributed by atoms with E-state index in [1.165, 1.54) is 5.56 Å². The summed E-state index contributed by atoms with van der Waals surface area (Å²) >= 11 is 3.57. The number of carbonyl (C=O) groups excluding carboxylic acids is 1. The molecule has 0 heterocycles. The normalized spacial score (nSPS) is 10.8. The molecule has 0 fully saturated rings. The summed E-state index contributed by atoms with van der Waals surface area (Å²) in [6.07, 6.45) is 1.54. The van der Waals surface area contributed by atoms with Gasteiger partial charge in [-0.25, -0.2) is 5.43 Å². The molecule has 3 aromatic rings. The quantitative estimate of drug-likeness (QED) is 0.241. The van der Waals surface area contributed by atoms with Crippen LogP contribution in [0.3, 0.4) is 0 Å². The zero-order chi connectivity index (χ0) is 25.2. The van der Waals surface area contributed by atoms with Gasteiger partial charge in [-0.1, -0.05) is 29.8 Å². The van der Waals surface area contributed by atoms with E-state index >= 15 is 0 Å². The lowest BCUT2D eigenvalue weighted by molar-refractivity contribution is 0.0954. The maximum absolute atomic E-state index is 12.5.